The van der Waals surface area contributed by atoms with E-state index in [1.54, 1.807) is 11.3 Å². The van der Waals surface area contributed by atoms with Crippen molar-refractivity contribution in [3.05, 3.63) is 20.8 Å². The zero-order valence-electron chi connectivity index (χ0n) is 7.00. The van der Waals surface area contributed by atoms with Crippen LogP contribution in [0.2, 0.25) is 0 Å². The Morgan fingerprint density at radius 2 is 2.38 bits per heavy atom. The van der Waals surface area contributed by atoms with Crippen LogP contribution in [0.1, 0.15) is 23.8 Å². The summed E-state index contributed by atoms with van der Waals surface area (Å²) in [6.07, 6.45) is 3.03. The third kappa shape index (κ3) is 2.17. The predicted molar refractivity (Wildman–Crippen MR) is 62.7 cm³/mol. The fourth-order valence-corrected chi connectivity index (χ4v) is 3.72. The van der Waals surface area contributed by atoms with Crippen molar-refractivity contribution in [3.8, 4) is 0 Å². The van der Waals surface area contributed by atoms with Gasteiger partial charge in [0.15, 0.2) is 0 Å². The van der Waals surface area contributed by atoms with Crippen LogP contribution in [0, 0.1) is 0 Å². The van der Waals surface area contributed by atoms with E-state index in [2.05, 4.69) is 43.3 Å². The lowest BCUT2D eigenvalue weighted by Crippen LogP contribution is -2.06. The highest BCUT2D eigenvalue weighted by molar-refractivity contribution is 9.10. The quantitative estimate of drug-likeness (QED) is 0.743. The predicted octanol–water partition coefficient (Wildman–Crippen LogP) is 4.13. The summed E-state index contributed by atoms with van der Waals surface area (Å²) < 4.78 is 7.06. The van der Waals surface area contributed by atoms with Gasteiger partial charge in [0, 0.05) is 14.7 Å². The van der Waals surface area contributed by atoms with Gasteiger partial charge in [0.25, 0.3) is 0 Å². The maximum absolute atomic E-state index is 5.87. The molecule has 0 radical (unpaired) electrons. The molecule has 0 N–H and O–H groups in total. The smallest absolute Gasteiger partial charge is 0.0933 e. The zero-order valence-corrected chi connectivity index (χ0v) is 11.0. The number of ether oxygens (including phenoxy) is 1. The van der Waals surface area contributed by atoms with Crippen LogP contribution in [-0.2, 0) is 4.74 Å². The lowest BCUT2D eigenvalue weighted by Gasteiger charge is -2.10. The van der Waals surface area contributed by atoms with Gasteiger partial charge >= 0.3 is 0 Å². The van der Waals surface area contributed by atoms with Gasteiger partial charge in [-0.15, -0.1) is 11.3 Å². The van der Waals surface area contributed by atoms with E-state index in [1.165, 1.54) is 15.8 Å². The van der Waals surface area contributed by atoms with Gasteiger partial charge in [0.2, 0.25) is 0 Å². The molecule has 1 aromatic rings. The van der Waals surface area contributed by atoms with Gasteiger partial charge in [0.05, 0.1) is 12.2 Å². The van der Waals surface area contributed by atoms with Crippen molar-refractivity contribution in [1.29, 1.82) is 0 Å². The molecule has 0 bridgehead atoms. The summed E-state index contributed by atoms with van der Waals surface area (Å²) in [4.78, 5) is 1.34. The monoisotopic (exact) mass is 324 g/mol. The summed E-state index contributed by atoms with van der Waals surface area (Å²) in [6.45, 7) is 0. The molecule has 1 aliphatic rings. The summed E-state index contributed by atoms with van der Waals surface area (Å²) in [5, 5.41) is 3.05. The van der Waals surface area contributed by atoms with Crippen molar-refractivity contribution >= 4 is 43.2 Å². The highest BCUT2D eigenvalue weighted by Gasteiger charge is 2.27. The van der Waals surface area contributed by atoms with E-state index in [9.17, 15) is 0 Å². The van der Waals surface area contributed by atoms with Gasteiger partial charge in [0.1, 0.15) is 0 Å². The Morgan fingerprint density at radius 1 is 1.54 bits per heavy atom. The van der Waals surface area contributed by atoms with E-state index in [0.29, 0.717) is 12.2 Å². The van der Waals surface area contributed by atoms with E-state index < -0.39 is 0 Å². The zero-order chi connectivity index (χ0) is 9.26. The number of hydrogen-bond donors (Lipinski definition) is 0. The number of rotatable bonds is 2. The molecule has 0 aromatic carbocycles. The van der Waals surface area contributed by atoms with Crippen LogP contribution in [-0.4, -0.2) is 11.4 Å². The van der Waals surface area contributed by atoms with Crippen molar-refractivity contribution < 1.29 is 4.74 Å². The van der Waals surface area contributed by atoms with Crippen molar-refractivity contribution in [2.45, 2.75) is 25.0 Å². The van der Waals surface area contributed by atoms with Crippen LogP contribution in [0.5, 0.6) is 0 Å². The molecule has 4 heteroatoms. The molecule has 72 valence electrons. The SMILES string of the molecule is BrCC1CCC(c2sccc2Br)O1. The molecule has 2 heterocycles. The van der Waals surface area contributed by atoms with Crippen LogP contribution in [0.4, 0.5) is 0 Å². The molecule has 13 heavy (non-hydrogen) atoms. The van der Waals surface area contributed by atoms with Crippen LogP contribution in [0.25, 0.3) is 0 Å². The average Bonchev–Trinajstić information content (AvgIpc) is 2.71. The van der Waals surface area contributed by atoms with E-state index in [1.807, 2.05) is 0 Å². The second-order valence-corrected chi connectivity index (χ2v) is 5.56. The van der Waals surface area contributed by atoms with Gasteiger partial charge in [-0.25, -0.2) is 0 Å². The lowest BCUT2D eigenvalue weighted by molar-refractivity contribution is 0.0606. The van der Waals surface area contributed by atoms with Crippen molar-refractivity contribution in [1.82, 2.24) is 0 Å². The third-order valence-corrected chi connectivity index (χ3v) is 4.90. The van der Waals surface area contributed by atoms with E-state index >= 15 is 0 Å². The highest BCUT2D eigenvalue weighted by atomic mass is 79.9. The van der Waals surface area contributed by atoms with Gasteiger partial charge in [-0.05, 0) is 40.2 Å². The van der Waals surface area contributed by atoms with Crippen LogP contribution in [0.15, 0.2) is 15.9 Å². The van der Waals surface area contributed by atoms with Crippen LogP contribution < -0.4 is 0 Å². The Kier molecular flexibility index (Phi) is 3.46. The molecule has 1 aliphatic heterocycles. The van der Waals surface area contributed by atoms with Crippen molar-refractivity contribution in [3.63, 3.8) is 0 Å². The molecule has 2 unspecified atom stereocenters. The molecule has 0 saturated carbocycles. The first-order chi connectivity index (χ1) is 6.31. The van der Waals surface area contributed by atoms with Gasteiger partial charge < -0.3 is 4.74 Å². The fraction of sp³-hybridized carbons (Fsp3) is 0.556. The molecule has 1 aromatic heterocycles. The van der Waals surface area contributed by atoms with E-state index in [0.717, 1.165) is 11.8 Å². The van der Waals surface area contributed by atoms with Crippen LogP contribution >= 0.6 is 43.2 Å². The lowest BCUT2D eigenvalue weighted by atomic mass is 10.2. The molecule has 0 spiro atoms. The molecule has 1 saturated heterocycles. The second-order valence-electron chi connectivity index (χ2n) is 3.11. The number of hydrogen-bond acceptors (Lipinski definition) is 2. The minimum absolute atomic E-state index is 0.317. The number of alkyl halides is 1. The minimum Gasteiger partial charge on any atom is -0.369 e. The number of thiophene rings is 1. The summed E-state index contributed by atoms with van der Waals surface area (Å²) in [6, 6.07) is 2.09. The fourth-order valence-electron chi connectivity index (χ4n) is 1.55. The summed E-state index contributed by atoms with van der Waals surface area (Å²) in [5.41, 5.74) is 0. The Labute approximate surface area is 98.7 Å². The molecular formula is C9H10Br2OS. The van der Waals surface area contributed by atoms with E-state index in [4.69, 9.17) is 4.74 Å². The largest absolute Gasteiger partial charge is 0.369 e. The normalized spacial score (nSPS) is 28.2. The van der Waals surface area contributed by atoms with E-state index in [-0.39, 0.29) is 0 Å². The average molecular weight is 326 g/mol. The highest BCUT2D eigenvalue weighted by Crippen LogP contribution is 2.39. The van der Waals surface area contributed by atoms with Crippen LogP contribution in [0.3, 0.4) is 0 Å². The third-order valence-electron chi connectivity index (χ3n) is 2.22. The van der Waals surface area contributed by atoms with Gasteiger partial charge in [-0.2, -0.15) is 0 Å². The first-order valence-corrected chi connectivity index (χ1v) is 7.05. The van der Waals surface area contributed by atoms with Gasteiger partial charge in [-0.3, -0.25) is 0 Å². The molecule has 2 rings (SSSR count). The topological polar surface area (TPSA) is 9.23 Å². The first kappa shape index (κ1) is 10.1. The molecule has 0 amide bonds. The molecule has 1 nitrogen and oxygen atoms in total. The minimum atomic E-state index is 0.317. The molecule has 1 fully saturated rings. The maximum atomic E-state index is 5.87. The Balaban J connectivity index is 2.08. The maximum Gasteiger partial charge on any atom is 0.0933 e. The summed E-state index contributed by atoms with van der Waals surface area (Å²) in [5.74, 6) is 0. The second kappa shape index (κ2) is 4.43. The van der Waals surface area contributed by atoms with Crippen molar-refractivity contribution in [2.24, 2.45) is 0 Å². The van der Waals surface area contributed by atoms with Gasteiger partial charge in [-0.1, -0.05) is 15.9 Å². The first-order valence-electron chi connectivity index (χ1n) is 4.25. The summed E-state index contributed by atoms with van der Waals surface area (Å²) in [7, 11) is 0. The van der Waals surface area contributed by atoms with Crippen molar-refractivity contribution in [2.75, 3.05) is 5.33 Å². The standard InChI is InChI=1S/C9H10Br2OS/c10-5-6-1-2-8(12-6)9-7(11)3-4-13-9/h3-4,6,8H,1-2,5H2. The Hall–Kier alpha value is 0.620. The number of halogens is 2. The molecular weight excluding hydrogens is 316 g/mol. The molecule has 2 atom stereocenters. The summed E-state index contributed by atoms with van der Waals surface area (Å²) >= 11 is 8.76. The molecule has 0 aliphatic carbocycles. The Bertz CT molecular complexity index is 287. The Morgan fingerprint density at radius 3 is 2.92 bits per heavy atom.